The molecule has 0 spiro atoms. The fourth-order valence-corrected chi connectivity index (χ4v) is 2.48. The molecule has 1 aromatic rings. The number of aryl methyl sites for hydroxylation is 2. The van der Waals surface area contributed by atoms with Gasteiger partial charge in [0.1, 0.15) is 0 Å². The monoisotopic (exact) mass is 237 g/mol. The van der Waals surface area contributed by atoms with Gasteiger partial charge in [0, 0.05) is 25.5 Å². The number of hydrogen-bond donors (Lipinski definition) is 2. The highest BCUT2D eigenvalue weighted by molar-refractivity contribution is 5.75. The van der Waals surface area contributed by atoms with E-state index in [1.807, 2.05) is 17.8 Å². The van der Waals surface area contributed by atoms with Crippen LogP contribution in [0.2, 0.25) is 0 Å². The Kier molecular flexibility index (Phi) is 3.47. The Morgan fingerprint density at radius 2 is 2.53 bits per heavy atom. The molecule has 0 bridgehead atoms. The largest absolute Gasteiger partial charge is 0.481 e. The first kappa shape index (κ1) is 12.1. The highest BCUT2D eigenvalue weighted by atomic mass is 16.4. The molecule has 1 atom stereocenters. The van der Waals surface area contributed by atoms with E-state index in [1.165, 1.54) is 0 Å². The molecule has 0 amide bonds. The number of hydrogen-bond acceptors (Lipinski definition) is 3. The van der Waals surface area contributed by atoms with Crippen molar-refractivity contribution in [3.8, 4) is 0 Å². The normalized spacial score (nSPS) is 24.8. The summed E-state index contributed by atoms with van der Waals surface area (Å²) >= 11 is 0. The number of nitrogens with zero attached hydrogens (tertiary/aromatic N) is 2. The molecule has 0 saturated carbocycles. The first-order valence-corrected chi connectivity index (χ1v) is 6.05. The SMILES string of the molecule is Cn1nccc1CCC1(C(=O)O)CCCNC1. The third-order valence-corrected chi connectivity index (χ3v) is 3.71. The van der Waals surface area contributed by atoms with Gasteiger partial charge in [-0.2, -0.15) is 5.10 Å². The van der Waals surface area contributed by atoms with Crippen molar-refractivity contribution in [3.05, 3.63) is 18.0 Å². The van der Waals surface area contributed by atoms with Gasteiger partial charge in [0.25, 0.3) is 0 Å². The summed E-state index contributed by atoms with van der Waals surface area (Å²) in [4.78, 5) is 11.5. The van der Waals surface area contributed by atoms with E-state index in [-0.39, 0.29) is 0 Å². The lowest BCUT2D eigenvalue weighted by Crippen LogP contribution is -2.45. The Morgan fingerprint density at radius 1 is 1.71 bits per heavy atom. The Labute approximate surface area is 101 Å². The van der Waals surface area contributed by atoms with Gasteiger partial charge in [-0.05, 0) is 38.3 Å². The molecule has 1 aromatic heterocycles. The second-order valence-corrected chi connectivity index (χ2v) is 4.81. The molecule has 2 N–H and O–H groups in total. The minimum atomic E-state index is -0.674. The minimum absolute atomic E-state index is 0.584. The van der Waals surface area contributed by atoms with Crippen molar-refractivity contribution in [1.29, 1.82) is 0 Å². The van der Waals surface area contributed by atoms with E-state index < -0.39 is 11.4 Å². The van der Waals surface area contributed by atoms with Crippen molar-refractivity contribution in [3.63, 3.8) is 0 Å². The van der Waals surface area contributed by atoms with E-state index in [0.29, 0.717) is 13.0 Å². The number of aromatic nitrogens is 2. The van der Waals surface area contributed by atoms with Gasteiger partial charge in [-0.15, -0.1) is 0 Å². The average Bonchev–Trinajstić information content (AvgIpc) is 2.73. The summed E-state index contributed by atoms with van der Waals surface area (Å²) in [5.41, 5.74) is 0.499. The van der Waals surface area contributed by atoms with Crippen molar-refractivity contribution < 1.29 is 9.90 Å². The summed E-state index contributed by atoms with van der Waals surface area (Å²) in [6.07, 6.45) is 4.91. The smallest absolute Gasteiger partial charge is 0.310 e. The minimum Gasteiger partial charge on any atom is -0.481 e. The van der Waals surface area contributed by atoms with Gasteiger partial charge in [0.05, 0.1) is 5.41 Å². The molecule has 1 fully saturated rings. The van der Waals surface area contributed by atoms with Crippen molar-refractivity contribution >= 4 is 5.97 Å². The van der Waals surface area contributed by atoms with Crippen LogP contribution in [0.3, 0.4) is 0 Å². The maximum absolute atomic E-state index is 11.5. The van der Waals surface area contributed by atoms with Crippen LogP contribution in [0.5, 0.6) is 0 Å². The molecule has 5 nitrogen and oxygen atoms in total. The average molecular weight is 237 g/mol. The maximum Gasteiger partial charge on any atom is 0.310 e. The lowest BCUT2D eigenvalue weighted by molar-refractivity contribution is -0.150. The maximum atomic E-state index is 11.5. The van der Waals surface area contributed by atoms with Gasteiger partial charge in [-0.3, -0.25) is 9.48 Å². The van der Waals surface area contributed by atoms with E-state index in [2.05, 4.69) is 10.4 Å². The highest BCUT2D eigenvalue weighted by Crippen LogP contribution is 2.31. The van der Waals surface area contributed by atoms with Crippen LogP contribution in [0.15, 0.2) is 12.3 Å². The lowest BCUT2D eigenvalue weighted by Gasteiger charge is -2.33. The summed E-state index contributed by atoms with van der Waals surface area (Å²) < 4.78 is 1.81. The fraction of sp³-hybridized carbons (Fsp3) is 0.667. The second-order valence-electron chi connectivity index (χ2n) is 4.81. The van der Waals surface area contributed by atoms with E-state index >= 15 is 0 Å². The van der Waals surface area contributed by atoms with E-state index in [0.717, 1.165) is 31.5 Å². The number of nitrogens with one attached hydrogen (secondary N) is 1. The molecular formula is C12H19N3O2. The van der Waals surface area contributed by atoms with Crippen LogP contribution in [-0.4, -0.2) is 33.9 Å². The number of piperidine rings is 1. The molecular weight excluding hydrogens is 218 g/mol. The predicted molar refractivity (Wildman–Crippen MR) is 63.7 cm³/mol. The third-order valence-electron chi connectivity index (χ3n) is 3.71. The van der Waals surface area contributed by atoms with Gasteiger partial charge >= 0.3 is 5.97 Å². The molecule has 1 unspecified atom stereocenters. The van der Waals surface area contributed by atoms with Crippen LogP contribution in [0, 0.1) is 5.41 Å². The van der Waals surface area contributed by atoms with Crippen LogP contribution < -0.4 is 5.32 Å². The second kappa shape index (κ2) is 4.87. The number of rotatable bonds is 4. The number of carboxylic acid groups (broad SMARTS) is 1. The highest BCUT2D eigenvalue weighted by Gasteiger charge is 2.39. The fourth-order valence-electron chi connectivity index (χ4n) is 2.48. The molecule has 1 aliphatic rings. The Hall–Kier alpha value is -1.36. The first-order chi connectivity index (χ1) is 8.14. The predicted octanol–water partition coefficient (Wildman–Crippen LogP) is 0.807. The van der Waals surface area contributed by atoms with E-state index in [4.69, 9.17) is 0 Å². The zero-order chi connectivity index (χ0) is 12.3. The van der Waals surface area contributed by atoms with Crippen LogP contribution >= 0.6 is 0 Å². The number of aliphatic carboxylic acids is 1. The molecule has 0 radical (unpaired) electrons. The third kappa shape index (κ3) is 2.49. The number of carbonyl (C=O) groups is 1. The standard InChI is InChI=1S/C12H19N3O2/c1-15-10(4-8-14-15)3-6-12(11(16)17)5-2-7-13-9-12/h4,8,13H,2-3,5-7,9H2,1H3,(H,16,17). The van der Waals surface area contributed by atoms with Crippen molar-refractivity contribution in [1.82, 2.24) is 15.1 Å². The first-order valence-electron chi connectivity index (χ1n) is 6.05. The van der Waals surface area contributed by atoms with Crippen LogP contribution in [-0.2, 0) is 18.3 Å². The van der Waals surface area contributed by atoms with Gasteiger partial charge in [-0.1, -0.05) is 0 Å². The van der Waals surface area contributed by atoms with Crippen molar-refractivity contribution in [2.75, 3.05) is 13.1 Å². The van der Waals surface area contributed by atoms with Gasteiger partial charge in [0.2, 0.25) is 0 Å². The quantitative estimate of drug-likeness (QED) is 0.813. The Morgan fingerprint density at radius 3 is 3.06 bits per heavy atom. The summed E-state index contributed by atoms with van der Waals surface area (Å²) in [5.74, 6) is -0.674. The molecule has 1 aliphatic heterocycles. The molecule has 0 aromatic carbocycles. The van der Waals surface area contributed by atoms with Gasteiger partial charge < -0.3 is 10.4 Å². The molecule has 2 heterocycles. The van der Waals surface area contributed by atoms with Crippen LogP contribution in [0.1, 0.15) is 25.0 Å². The summed E-state index contributed by atoms with van der Waals surface area (Å²) in [5, 5.41) is 16.7. The molecule has 94 valence electrons. The summed E-state index contributed by atoms with van der Waals surface area (Å²) in [6.45, 7) is 1.51. The zero-order valence-corrected chi connectivity index (χ0v) is 10.1. The topological polar surface area (TPSA) is 67.2 Å². The summed E-state index contributed by atoms with van der Waals surface area (Å²) in [6, 6.07) is 1.95. The Balaban J connectivity index is 2.03. The summed E-state index contributed by atoms with van der Waals surface area (Å²) in [7, 11) is 1.89. The lowest BCUT2D eigenvalue weighted by atomic mass is 9.76. The van der Waals surface area contributed by atoms with Crippen LogP contribution in [0.4, 0.5) is 0 Å². The van der Waals surface area contributed by atoms with E-state index in [1.54, 1.807) is 6.20 Å². The molecule has 2 rings (SSSR count). The van der Waals surface area contributed by atoms with Gasteiger partial charge in [-0.25, -0.2) is 0 Å². The molecule has 17 heavy (non-hydrogen) atoms. The van der Waals surface area contributed by atoms with Crippen molar-refractivity contribution in [2.24, 2.45) is 12.5 Å². The van der Waals surface area contributed by atoms with E-state index in [9.17, 15) is 9.90 Å². The molecule has 1 saturated heterocycles. The number of carboxylic acids is 1. The van der Waals surface area contributed by atoms with Crippen LogP contribution in [0.25, 0.3) is 0 Å². The zero-order valence-electron chi connectivity index (χ0n) is 10.1. The van der Waals surface area contributed by atoms with Crippen molar-refractivity contribution in [2.45, 2.75) is 25.7 Å². The molecule has 5 heteroatoms. The molecule has 0 aliphatic carbocycles. The Bertz CT molecular complexity index is 394. The van der Waals surface area contributed by atoms with Gasteiger partial charge in [0.15, 0.2) is 0 Å².